The first-order chi connectivity index (χ1) is 8.28. The molecule has 17 heavy (non-hydrogen) atoms. The lowest BCUT2D eigenvalue weighted by Crippen LogP contribution is -2.14. The molecule has 0 spiro atoms. The molecule has 0 aliphatic rings. The molecule has 1 N–H and O–H groups in total. The number of carbonyl (C=O) groups excluding carboxylic acids is 1. The highest BCUT2D eigenvalue weighted by atomic mass is 32.1. The number of nitriles is 1. The molecule has 1 aromatic heterocycles. The molecule has 0 unspecified atom stereocenters. The fourth-order valence-electron chi connectivity index (χ4n) is 1.27. The monoisotopic (exact) mass is 244 g/mol. The second kappa shape index (κ2) is 5.18. The van der Waals surface area contributed by atoms with Gasteiger partial charge in [-0.3, -0.25) is 4.79 Å². The molecule has 0 fully saturated rings. The van der Waals surface area contributed by atoms with Crippen LogP contribution in [0.5, 0.6) is 0 Å². The van der Waals surface area contributed by atoms with Crippen LogP contribution in [-0.2, 0) is 11.2 Å². The normalized spacial score (nSPS) is 9.59. The minimum absolute atomic E-state index is 0.147. The number of anilines is 1. The summed E-state index contributed by atoms with van der Waals surface area (Å²) in [5, 5.41) is 19.1. The van der Waals surface area contributed by atoms with Gasteiger partial charge in [-0.25, -0.2) is 0 Å². The predicted octanol–water partition coefficient (Wildman–Crippen LogP) is 1.59. The van der Waals surface area contributed by atoms with E-state index in [2.05, 4.69) is 15.5 Å². The molecule has 5 nitrogen and oxygen atoms in total. The van der Waals surface area contributed by atoms with Gasteiger partial charge in [0.25, 0.3) is 0 Å². The topological polar surface area (TPSA) is 78.7 Å². The van der Waals surface area contributed by atoms with E-state index in [1.54, 1.807) is 29.8 Å². The standard InChI is InChI=1S/C11H8N4OS/c12-6-9-3-1-8(2-4-9)5-10(16)14-11-15-13-7-17-11/h1-4,7H,5H2,(H,14,15,16). The number of nitrogens with one attached hydrogen (secondary N) is 1. The number of amides is 1. The first-order valence-corrected chi connectivity index (χ1v) is 5.71. The van der Waals surface area contributed by atoms with Gasteiger partial charge in [-0.2, -0.15) is 5.26 Å². The number of carbonyl (C=O) groups is 1. The third-order valence-electron chi connectivity index (χ3n) is 2.05. The average Bonchev–Trinajstić information content (AvgIpc) is 2.82. The Labute approximate surface area is 102 Å². The molecule has 84 valence electrons. The minimum atomic E-state index is -0.147. The van der Waals surface area contributed by atoms with Crippen molar-refractivity contribution in [1.29, 1.82) is 5.26 Å². The lowest BCUT2D eigenvalue weighted by atomic mass is 10.1. The van der Waals surface area contributed by atoms with Crippen molar-refractivity contribution in [1.82, 2.24) is 10.2 Å². The van der Waals surface area contributed by atoms with E-state index in [0.717, 1.165) is 5.56 Å². The molecule has 1 aromatic carbocycles. The maximum absolute atomic E-state index is 11.6. The van der Waals surface area contributed by atoms with E-state index < -0.39 is 0 Å². The third-order valence-corrected chi connectivity index (χ3v) is 2.66. The van der Waals surface area contributed by atoms with Crippen LogP contribution in [0.3, 0.4) is 0 Å². The minimum Gasteiger partial charge on any atom is -0.300 e. The summed E-state index contributed by atoms with van der Waals surface area (Å²) in [5.74, 6) is -0.147. The van der Waals surface area contributed by atoms with Crippen molar-refractivity contribution in [2.75, 3.05) is 5.32 Å². The molecule has 0 aliphatic heterocycles. The lowest BCUT2D eigenvalue weighted by molar-refractivity contribution is -0.115. The molecule has 0 radical (unpaired) electrons. The van der Waals surface area contributed by atoms with E-state index in [0.29, 0.717) is 10.7 Å². The largest absolute Gasteiger partial charge is 0.300 e. The second-order valence-corrected chi connectivity index (χ2v) is 4.11. The molecule has 6 heteroatoms. The van der Waals surface area contributed by atoms with Crippen molar-refractivity contribution in [3.05, 3.63) is 40.9 Å². The zero-order valence-electron chi connectivity index (χ0n) is 8.75. The third kappa shape index (κ3) is 3.09. The fourth-order valence-corrected chi connectivity index (χ4v) is 1.73. The molecule has 1 amide bonds. The molecule has 2 aromatic rings. The zero-order chi connectivity index (χ0) is 12.1. The predicted molar refractivity (Wildman–Crippen MR) is 63.4 cm³/mol. The quantitative estimate of drug-likeness (QED) is 0.889. The molecule has 2 rings (SSSR count). The van der Waals surface area contributed by atoms with Crippen LogP contribution in [0.15, 0.2) is 29.8 Å². The van der Waals surface area contributed by atoms with Crippen molar-refractivity contribution in [3.8, 4) is 6.07 Å². The van der Waals surface area contributed by atoms with Gasteiger partial charge in [0.05, 0.1) is 18.1 Å². The van der Waals surface area contributed by atoms with Crippen molar-refractivity contribution >= 4 is 22.4 Å². The summed E-state index contributed by atoms with van der Waals surface area (Å²) < 4.78 is 0. The lowest BCUT2D eigenvalue weighted by Gasteiger charge is -2.01. The van der Waals surface area contributed by atoms with Crippen LogP contribution in [0.1, 0.15) is 11.1 Å². The van der Waals surface area contributed by atoms with Crippen LogP contribution >= 0.6 is 11.3 Å². The zero-order valence-corrected chi connectivity index (χ0v) is 9.57. The van der Waals surface area contributed by atoms with E-state index in [1.807, 2.05) is 6.07 Å². The van der Waals surface area contributed by atoms with E-state index in [4.69, 9.17) is 5.26 Å². The Bertz CT molecular complexity index is 542. The molecule has 0 atom stereocenters. The molecule has 0 saturated carbocycles. The summed E-state index contributed by atoms with van der Waals surface area (Å²) in [6.45, 7) is 0. The van der Waals surface area contributed by atoms with E-state index in [-0.39, 0.29) is 12.3 Å². The molecular formula is C11H8N4OS. The van der Waals surface area contributed by atoms with Crippen LogP contribution in [-0.4, -0.2) is 16.1 Å². The highest BCUT2D eigenvalue weighted by Gasteiger charge is 2.05. The second-order valence-electron chi connectivity index (χ2n) is 3.28. The fraction of sp³-hybridized carbons (Fsp3) is 0.0909. The summed E-state index contributed by atoms with van der Waals surface area (Å²) >= 11 is 1.27. The number of benzene rings is 1. The van der Waals surface area contributed by atoms with Gasteiger partial charge in [-0.1, -0.05) is 23.5 Å². The average molecular weight is 244 g/mol. The smallest absolute Gasteiger partial charge is 0.230 e. The van der Waals surface area contributed by atoms with E-state index >= 15 is 0 Å². The Hall–Kier alpha value is -2.26. The van der Waals surface area contributed by atoms with Crippen molar-refractivity contribution < 1.29 is 4.79 Å². The van der Waals surface area contributed by atoms with Crippen molar-refractivity contribution in [2.45, 2.75) is 6.42 Å². The van der Waals surface area contributed by atoms with Gasteiger partial charge in [0.2, 0.25) is 11.0 Å². The maximum Gasteiger partial charge on any atom is 0.230 e. The number of hydrogen-bond acceptors (Lipinski definition) is 5. The van der Waals surface area contributed by atoms with E-state index in [1.165, 1.54) is 11.3 Å². The number of nitrogens with zero attached hydrogens (tertiary/aromatic N) is 3. The highest BCUT2D eigenvalue weighted by molar-refractivity contribution is 7.13. The molecule has 0 bridgehead atoms. The van der Waals surface area contributed by atoms with Crippen LogP contribution in [0.4, 0.5) is 5.13 Å². The Kier molecular flexibility index (Phi) is 3.43. The van der Waals surface area contributed by atoms with E-state index in [9.17, 15) is 4.79 Å². The van der Waals surface area contributed by atoms with Gasteiger partial charge in [-0.15, -0.1) is 10.2 Å². The maximum atomic E-state index is 11.6. The first kappa shape index (κ1) is 11.2. The Balaban J connectivity index is 1.96. The van der Waals surface area contributed by atoms with Crippen LogP contribution < -0.4 is 5.32 Å². The summed E-state index contributed by atoms with van der Waals surface area (Å²) in [6, 6.07) is 8.93. The van der Waals surface area contributed by atoms with Crippen LogP contribution in [0.2, 0.25) is 0 Å². The Morgan fingerprint density at radius 1 is 1.41 bits per heavy atom. The van der Waals surface area contributed by atoms with Gasteiger partial charge in [-0.05, 0) is 17.7 Å². The molecular weight excluding hydrogens is 236 g/mol. The van der Waals surface area contributed by atoms with Crippen molar-refractivity contribution in [2.24, 2.45) is 0 Å². The molecule has 0 aliphatic carbocycles. The van der Waals surface area contributed by atoms with Gasteiger partial charge >= 0.3 is 0 Å². The SMILES string of the molecule is N#Cc1ccc(CC(=O)Nc2nncs2)cc1. The summed E-state index contributed by atoms with van der Waals surface area (Å²) in [4.78, 5) is 11.6. The number of hydrogen-bond donors (Lipinski definition) is 1. The highest BCUT2D eigenvalue weighted by Crippen LogP contribution is 2.09. The summed E-state index contributed by atoms with van der Waals surface area (Å²) in [6.07, 6.45) is 0.255. The number of rotatable bonds is 3. The van der Waals surface area contributed by atoms with Gasteiger partial charge in [0.1, 0.15) is 5.51 Å². The number of aromatic nitrogens is 2. The summed E-state index contributed by atoms with van der Waals surface area (Å²) in [7, 11) is 0. The Morgan fingerprint density at radius 2 is 2.18 bits per heavy atom. The van der Waals surface area contributed by atoms with Gasteiger partial charge in [0, 0.05) is 0 Å². The van der Waals surface area contributed by atoms with Crippen LogP contribution in [0, 0.1) is 11.3 Å². The molecule has 0 saturated heterocycles. The molecule has 1 heterocycles. The first-order valence-electron chi connectivity index (χ1n) is 4.83. The Morgan fingerprint density at radius 3 is 2.76 bits per heavy atom. The summed E-state index contributed by atoms with van der Waals surface area (Å²) in [5.41, 5.74) is 2.99. The van der Waals surface area contributed by atoms with Gasteiger partial charge in [0.15, 0.2) is 0 Å². The van der Waals surface area contributed by atoms with Crippen molar-refractivity contribution in [3.63, 3.8) is 0 Å². The van der Waals surface area contributed by atoms with Crippen LogP contribution in [0.25, 0.3) is 0 Å². The van der Waals surface area contributed by atoms with Gasteiger partial charge < -0.3 is 5.32 Å².